The maximum atomic E-state index is 12.8. The van der Waals surface area contributed by atoms with Crippen molar-refractivity contribution in [3.05, 3.63) is 33.8 Å². The Balaban J connectivity index is 2.19. The lowest BCUT2D eigenvalue weighted by Crippen LogP contribution is -2.45. The summed E-state index contributed by atoms with van der Waals surface area (Å²) in [5, 5.41) is 4.38. The molecule has 100 valence electrons. The molecular weight excluding hydrogens is 274 g/mol. The topological polar surface area (TPSA) is 15.3 Å². The van der Waals surface area contributed by atoms with E-state index < -0.39 is 0 Å². The van der Waals surface area contributed by atoms with Crippen LogP contribution in [0.1, 0.15) is 18.0 Å². The number of benzene rings is 1. The highest BCUT2D eigenvalue weighted by Crippen LogP contribution is 2.30. The fourth-order valence-corrected chi connectivity index (χ4v) is 2.68. The molecule has 0 saturated carbocycles. The highest BCUT2D eigenvalue weighted by molar-refractivity contribution is 6.42. The number of nitrogens with zero attached hydrogens (tertiary/aromatic N) is 1. The molecule has 18 heavy (non-hydrogen) atoms. The molecule has 2 rings (SSSR count). The van der Waals surface area contributed by atoms with Crippen molar-refractivity contribution in [1.82, 2.24) is 10.2 Å². The van der Waals surface area contributed by atoms with Gasteiger partial charge in [-0.05, 0) is 24.1 Å². The summed E-state index contributed by atoms with van der Waals surface area (Å²) < 4.78 is 12.8. The predicted molar refractivity (Wildman–Crippen MR) is 74.2 cm³/mol. The fraction of sp³-hybridized carbons (Fsp3) is 0.538. The van der Waals surface area contributed by atoms with E-state index in [9.17, 15) is 4.39 Å². The molecule has 2 nitrogen and oxygen atoms in total. The molecule has 0 spiro atoms. The smallest absolute Gasteiger partial charge is 0.0912 e. The van der Waals surface area contributed by atoms with Gasteiger partial charge in [0.2, 0.25) is 0 Å². The van der Waals surface area contributed by atoms with Crippen LogP contribution in [-0.4, -0.2) is 37.8 Å². The van der Waals surface area contributed by atoms with Gasteiger partial charge in [0.25, 0.3) is 0 Å². The molecule has 1 saturated heterocycles. The number of halogens is 3. The molecule has 5 heteroatoms. The summed E-state index contributed by atoms with van der Waals surface area (Å²) in [5.74, 6) is 0. The lowest BCUT2D eigenvalue weighted by Gasteiger charge is -2.35. The molecule has 1 N–H and O–H groups in total. The quantitative estimate of drug-likeness (QED) is 0.915. The van der Waals surface area contributed by atoms with Gasteiger partial charge in [0.15, 0.2) is 0 Å². The third kappa shape index (κ3) is 3.35. The number of alkyl halides is 1. The summed E-state index contributed by atoms with van der Waals surface area (Å²) in [6.07, 6.45) is 0.498. The van der Waals surface area contributed by atoms with Crippen LogP contribution in [0.2, 0.25) is 10.0 Å². The summed E-state index contributed by atoms with van der Waals surface area (Å²) in [4.78, 5) is 2.30. The molecule has 0 aromatic heterocycles. The third-order valence-electron chi connectivity index (χ3n) is 3.30. The number of piperazine rings is 1. The standard InChI is InChI=1S/C13H17Cl2FN2/c14-11-2-1-10(9-12(11)15)13(3-4-16)18-7-5-17-6-8-18/h1-2,9,13,17H,3-8H2/t13-/m1/s1. The highest BCUT2D eigenvalue weighted by atomic mass is 35.5. The zero-order valence-corrected chi connectivity index (χ0v) is 11.6. The van der Waals surface area contributed by atoms with Crippen molar-refractivity contribution >= 4 is 23.2 Å². The van der Waals surface area contributed by atoms with E-state index in [4.69, 9.17) is 23.2 Å². The van der Waals surface area contributed by atoms with E-state index in [1.165, 1.54) is 0 Å². The largest absolute Gasteiger partial charge is 0.314 e. The normalized spacial score (nSPS) is 18.8. The molecule has 0 bridgehead atoms. The van der Waals surface area contributed by atoms with E-state index >= 15 is 0 Å². The van der Waals surface area contributed by atoms with Crippen molar-refractivity contribution in [2.45, 2.75) is 12.5 Å². The first-order valence-corrected chi connectivity index (χ1v) is 6.93. The first-order valence-electron chi connectivity index (χ1n) is 6.18. The van der Waals surface area contributed by atoms with Gasteiger partial charge in [-0.25, -0.2) is 0 Å². The van der Waals surface area contributed by atoms with E-state index in [1.807, 2.05) is 12.1 Å². The molecular formula is C13H17Cl2FN2. The summed E-state index contributed by atoms with van der Waals surface area (Å²) in [5.41, 5.74) is 1.05. The Kier molecular flexibility index (Phi) is 5.25. The third-order valence-corrected chi connectivity index (χ3v) is 4.04. The number of nitrogens with one attached hydrogen (secondary N) is 1. The van der Waals surface area contributed by atoms with Crippen LogP contribution in [0.3, 0.4) is 0 Å². The van der Waals surface area contributed by atoms with Gasteiger partial charge in [-0.1, -0.05) is 29.3 Å². The highest BCUT2D eigenvalue weighted by Gasteiger charge is 2.22. The number of hydrogen-bond donors (Lipinski definition) is 1. The van der Waals surface area contributed by atoms with Crippen LogP contribution >= 0.6 is 23.2 Å². The zero-order valence-electron chi connectivity index (χ0n) is 10.1. The van der Waals surface area contributed by atoms with Gasteiger partial charge in [-0.2, -0.15) is 0 Å². The minimum atomic E-state index is -0.325. The van der Waals surface area contributed by atoms with Gasteiger partial charge >= 0.3 is 0 Å². The van der Waals surface area contributed by atoms with Gasteiger partial charge in [-0.15, -0.1) is 0 Å². The van der Waals surface area contributed by atoms with Crippen LogP contribution < -0.4 is 5.32 Å². The second kappa shape index (κ2) is 6.71. The first kappa shape index (κ1) is 14.1. The van der Waals surface area contributed by atoms with Crippen LogP contribution in [0, 0.1) is 0 Å². The van der Waals surface area contributed by atoms with Crippen LogP contribution in [-0.2, 0) is 0 Å². The molecule has 1 fully saturated rings. The number of rotatable bonds is 4. The van der Waals surface area contributed by atoms with Crippen molar-refractivity contribution in [3.63, 3.8) is 0 Å². The van der Waals surface area contributed by atoms with Gasteiger partial charge in [0, 0.05) is 32.2 Å². The monoisotopic (exact) mass is 290 g/mol. The predicted octanol–water partition coefficient (Wildman–Crippen LogP) is 3.30. The Hall–Kier alpha value is -0.350. The average molecular weight is 291 g/mol. The minimum absolute atomic E-state index is 0.0897. The lowest BCUT2D eigenvalue weighted by molar-refractivity contribution is 0.157. The lowest BCUT2D eigenvalue weighted by atomic mass is 10.0. The van der Waals surface area contributed by atoms with E-state index in [2.05, 4.69) is 10.2 Å². The maximum Gasteiger partial charge on any atom is 0.0912 e. The summed E-state index contributed by atoms with van der Waals surface area (Å²) in [6.45, 7) is 3.44. The van der Waals surface area contributed by atoms with E-state index in [1.54, 1.807) is 6.07 Å². The Morgan fingerprint density at radius 3 is 2.56 bits per heavy atom. The molecule has 1 heterocycles. The molecule has 0 radical (unpaired) electrons. The Morgan fingerprint density at radius 2 is 1.94 bits per heavy atom. The van der Waals surface area contributed by atoms with Gasteiger partial charge in [0.05, 0.1) is 16.7 Å². The second-order valence-electron chi connectivity index (χ2n) is 4.45. The Morgan fingerprint density at radius 1 is 1.22 bits per heavy atom. The average Bonchev–Trinajstić information content (AvgIpc) is 2.40. The van der Waals surface area contributed by atoms with Crippen molar-refractivity contribution in [1.29, 1.82) is 0 Å². The van der Waals surface area contributed by atoms with Crippen molar-refractivity contribution in [3.8, 4) is 0 Å². The van der Waals surface area contributed by atoms with E-state index in [-0.39, 0.29) is 12.7 Å². The first-order chi connectivity index (χ1) is 8.72. The van der Waals surface area contributed by atoms with E-state index in [0.29, 0.717) is 16.5 Å². The van der Waals surface area contributed by atoms with Crippen molar-refractivity contribution in [2.75, 3.05) is 32.9 Å². The molecule has 1 aromatic rings. The molecule has 0 unspecified atom stereocenters. The van der Waals surface area contributed by atoms with Crippen LogP contribution in [0.25, 0.3) is 0 Å². The molecule has 0 amide bonds. The van der Waals surface area contributed by atoms with Gasteiger partial charge in [0.1, 0.15) is 0 Å². The Bertz CT molecular complexity index is 395. The van der Waals surface area contributed by atoms with Crippen LogP contribution in [0.4, 0.5) is 4.39 Å². The summed E-state index contributed by atoms with van der Waals surface area (Å²) in [7, 11) is 0. The fourth-order valence-electron chi connectivity index (χ4n) is 2.38. The SMILES string of the molecule is FCC[C@H](c1ccc(Cl)c(Cl)c1)N1CCNCC1. The molecule has 1 aromatic carbocycles. The van der Waals surface area contributed by atoms with Crippen molar-refractivity contribution in [2.24, 2.45) is 0 Å². The van der Waals surface area contributed by atoms with Gasteiger partial charge in [-0.3, -0.25) is 9.29 Å². The zero-order chi connectivity index (χ0) is 13.0. The van der Waals surface area contributed by atoms with Gasteiger partial charge < -0.3 is 5.32 Å². The molecule has 0 aliphatic carbocycles. The van der Waals surface area contributed by atoms with Crippen molar-refractivity contribution < 1.29 is 4.39 Å². The van der Waals surface area contributed by atoms with Crippen LogP contribution in [0.15, 0.2) is 18.2 Å². The molecule has 1 aliphatic rings. The second-order valence-corrected chi connectivity index (χ2v) is 5.27. The molecule has 1 atom stereocenters. The summed E-state index contributed by atoms with van der Waals surface area (Å²) >= 11 is 12.0. The van der Waals surface area contributed by atoms with E-state index in [0.717, 1.165) is 31.7 Å². The minimum Gasteiger partial charge on any atom is -0.314 e. The Labute approximate surface area is 117 Å². The maximum absolute atomic E-state index is 12.8. The van der Waals surface area contributed by atoms with Crippen LogP contribution in [0.5, 0.6) is 0 Å². The number of hydrogen-bond acceptors (Lipinski definition) is 2. The summed E-state index contributed by atoms with van der Waals surface area (Å²) in [6, 6.07) is 5.67. The molecule has 1 aliphatic heterocycles.